The SMILES string of the molecule is COc1ccc2c(c1)C(NCc1ccccc1C)CCC2. The molecule has 1 unspecified atom stereocenters. The molecule has 0 aromatic heterocycles. The molecule has 1 aliphatic rings. The number of aryl methyl sites for hydroxylation is 2. The van der Waals surface area contributed by atoms with Crippen molar-refractivity contribution in [3.05, 3.63) is 64.7 Å². The smallest absolute Gasteiger partial charge is 0.119 e. The minimum atomic E-state index is 0.434. The standard InChI is InChI=1S/C19H23NO/c1-14-6-3-4-7-16(14)13-20-19-9-5-8-15-10-11-17(21-2)12-18(15)19/h3-4,6-7,10-12,19-20H,5,8-9,13H2,1-2H3. The molecule has 0 saturated carbocycles. The Labute approximate surface area is 127 Å². The maximum Gasteiger partial charge on any atom is 0.119 e. The number of fused-ring (bicyclic) bond motifs is 1. The summed E-state index contributed by atoms with van der Waals surface area (Å²) in [5.41, 5.74) is 5.61. The van der Waals surface area contributed by atoms with Crippen LogP contribution >= 0.6 is 0 Å². The fraction of sp³-hybridized carbons (Fsp3) is 0.368. The van der Waals surface area contributed by atoms with E-state index in [2.05, 4.69) is 54.7 Å². The van der Waals surface area contributed by atoms with Gasteiger partial charge in [0.2, 0.25) is 0 Å². The van der Waals surface area contributed by atoms with Crippen LogP contribution in [0.1, 0.15) is 41.1 Å². The molecule has 0 heterocycles. The van der Waals surface area contributed by atoms with Gasteiger partial charge >= 0.3 is 0 Å². The van der Waals surface area contributed by atoms with Crippen molar-refractivity contribution < 1.29 is 4.74 Å². The molecule has 0 aliphatic heterocycles. The van der Waals surface area contributed by atoms with Gasteiger partial charge in [-0.3, -0.25) is 0 Å². The third-order valence-corrected chi connectivity index (χ3v) is 4.47. The highest BCUT2D eigenvalue weighted by molar-refractivity contribution is 5.39. The van der Waals surface area contributed by atoms with Gasteiger partial charge in [0.05, 0.1) is 7.11 Å². The molecular weight excluding hydrogens is 258 g/mol. The van der Waals surface area contributed by atoms with E-state index in [1.807, 2.05) is 0 Å². The molecule has 0 radical (unpaired) electrons. The molecule has 2 heteroatoms. The zero-order valence-corrected chi connectivity index (χ0v) is 12.9. The molecule has 2 aromatic rings. The van der Waals surface area contributed by atoms with Crippen LogP contribution in [0.15, 0.2) is 42.5 Å². The molecule has 0 spiro atoms. The molecule has 21 heavy (non-hydrogen) atoms. The number of ether oxygens (including phenoxy) is 1. The molecule has 0 saturated heterocycles. The first kappa shape index (κ1) is 14.2. The van der Waals surface area contributed by atoms with Crippen molar-refractivity contribution in [3.63, 3.8) is 0 Å². The van der Waals surface area contributed by atoms with E-state index in [9.17, 15) is 0 Å². The summed E-state index contributed by atoms with van der Waals surface area (Å²) in [7, 11) is 1.74. The molecule has 110 valence electrons. The van der Waals surface area contributed by atoms with E-state index >= 15 is 0 Å². The van der Waals surface area contributed by atoms with Crippen LogP contribution in [0.25, 0.3) is 0 Å². The van der Waals surface area contributed by atoms with Crippen LogP contribution in [0, 0.1) is 6.92 Å². The number of methoxy groups -OCH3 is 1. The van der Waals surface area contributed by atoms with Gasteiger partial charge in [0.25, 0.3) is 0 Å². The molecule has 0 fully saturated rings. The predicted molar refractivity (Wildman–Crippen MR) is 86.7 cm³/mol. The summed E-state index contributed by atoms with van der Waals surface area (Å²) in [6.07, 6.45) is 3.64. The van der Waals surface area contributed by atoms with Gasteiger partial charge in [0, 0.05) is 12.6 Å². The topological polar surface area (TPSA) is 21.3 Å². The van der Waals surface area contributed by atoms with Crippen LogP contribution < -0.4 is 10.1 Å². The molecule has 1 atom stereocenters. The summed E-state index contributed by atoms with van der Waals surface area (Å²) in [5, 5.41) is 3.73. The first-order valence-electron chi connectivity index (χ1n) is 7.72. The van der Waals surface area contributed by atoms with Crippen LogP contribution in [0.5, 0.6) is 5.75 Å². The summed E-state index contributed by atoms with van der Waals surface area (Å²) < 4.78 is 5.38. The number of hydrogen-bond acceptors (Lipinski definition) is 2. The van der Waals surface area contributed by atoms with Gasteiger partial charge in [0.1, 0.15) is 5.75 Å². The van der Waals surface area contributed by atoms with E-state index in [0.29, 0.717) is 6.04 Å². The van der Waals surface area contributed by atoms with Crippen LogP contribution in [-0.2, 0) is 13.0 Å². The van der Waals surface area contributed by atoms with E-state index in [0.717, 1.165) is 12.3 Å². The van der Waals surface area contributed by atoms with Crippen molar-refractivity contribution in [1.29, 1.82) is 0 Å². The van der Waals surface area contributed by atoms with Crippen LogP contribution in [0.4, 0.5) is 0 Å². The van der Waals surface area contributed by atoms with Gasteiger partial charge in [-0.15, -0.1) is 0 Å². The first-order chi connectivity index (χ1) is 10.3. The molecular formula is C19H23NO. The lowest BCUT2D eigenvalue weighted by atomic mass is 9.87. The van der Waals surface area contributed by atoms with Gasteiger partial charge in [-0.2, -0.15) is 0 Å². The van der Waals surface area contributed by atoms with Crippen molar-refractivity contribution in [2.24, 2.45) is 0 Å². The Morgan fingerprint density at radius 1 is 1.19 bits per heavy atom. The molecule has 1 aliphatic carbocycles. The van der Waals surface area contributed by atoms with Crippen molar-refractivity contribution in [1.82, 2.24) is 5.32 Å². The van der Waals surface area contributed by atoms with Crippen LogP contribution in [0.3, 0.4) is 0 Å². The van der Waals surface area contributed by atoms with Gasteiger partial charge in [-0.05, 0) is 60.6 Å². The summed E-state index contributed by atoms with van der Waals surface area (Å²) in [5.74, 6) is 0.957. The third-order valence-electron chi connectivity index (χ3n) is 4.47. The van der Waals surface area contributed by atoms with Crippen molar-refractivity contribution in [3.8, 4) is 5.75 Å². The Morgan fingerprint density at radius 2 is 2.05 bits per heavy atom. The zero-order chi connectivity index (χ0) is 14.7. The summed E-state index contributed by atoms with van der Waals surface area (Å²) >= 11 is 0. The van der Waals surface area contributed by atoms with Crippen molar-refractivity contribution in [2.45, 2.75) is 38.8 Å². The Bertz CT molecular complexity index is 621. The molecule has 0 bridgehead atoms. The lowest BCUT2D eigenvalue weighted by Gasteiger charge is -2.27. The Kier molecular flexibility index (Phi) is 4.26. The monoisotopic (exact) mass is 281 g/mol. The molecule has 2 nitrogen and oxygen atoms in total. The lowest BCUT2D eigenvalue weighted by Crippen LogP contribution is -2.25. The normalized spacial score (nSPS) is 17.3. The van der Waals surface area contributed by atoms with E-state index in [1.54, 1.807) is 7.11 Å². The second kappa shape index (κ2) is 6.31. The molecule has 1 N–H and O–H groups in total. The minimum Gasteiger partial charge on any atom is -0.497 e. The minimum absolute atomic E-state index is 0.434. The predicted octanol–water partition coefficient (Wildman–Crippen LogP) is 4.17. The highest BCUT2D eigenvalue weighted by Gasteiger charge is 2.20. The van der Waals surface area contributed by atoms with Gasteiger partial charge in [-0.1, -0.05) is 30.3 Å². The summed E-state index contributed by atoms with van der Waals surface area (Å²) in [4.78, 5) is 0. The Morgan fingerprint density at radius 3 is 2.86 bits per heavy atom. The van der Waals surface area contributed by atoms with E-state index < -0.39 is 0 Å². The average Bonchev–Trinajstić information content (AvgIpc) is 2.53. The lowest BCUT2D eigenvalue weighted by molar-refractivity contribution is 0.408. The quantitative estimate of drug-likeness (QED) is 0.908. The number of benzene rings is 2. The fourth-order valence-corrected chi connectivity index (χ4v) is 3.16. The first-order valence-corrected chi connectivity index (χ1v) is 7.72. The fourth-order valence-electron chi connectivity index (χ4n) is 3.16. The van der Waals surface area contributed by atoms with E-state index in [1.165, 1.54) is 41.5 Å². The van der Waals surface area contributed by atoms with Crippen LogP contribution in [0.2, 0.25) is 0 Å². The van der Waals surface area contributed by atoms with Gasteiger partial charge < -0.3 is 10.1 Å². The summed E-state index contributed by atoms with van der Waals surface area (Å²) in [6, 6.07) is 15.5. The zero-order valence-electron chi connectivity index (χ0n) is 12.9. The Hall–Kier alpha value is -1.80. The van der Waals surface area contributed by atoms with Crippen LogP contribution in [-0.4, -0.2) is 7.11 Å². The molecule has 3 rings (SSSR count). The highest BCUT2D eigenvalue weighted by atomic mass is 16.5. The second-order valence-electron chi connectivity index (χ2n) is 5.82. The third kappa shape index (κ3) is 3.11. The molecule has 0 amide bonds. The highest BCUT2D eigenvalue weighted by Crippen LogP contribution is 2.32. The maximum absolute atomic E-state index is 5.38. The van der Waals surface area contributed by atoms with E-state index in [4.69, 9.17) is 4.74 Å². The van der Waals surface area contributed by atoms with E-state index in [-0.39, 0.29) is 0 Å². The second-order valence-corrected chi connectivity index (χ2v) is 5.82. The van der Waals surface area contributed by atoms with Crippen molar-refractivity contribution >= 4 is 0 Å². The van der Waals surface area contributed by atoms with Crippen molar-refractivity contribution in [2.75, 3.05) is 7.11 Å². The number of hydrogen-bond donors (Lipinski definition) is 1. The number of rotatable bonds is 4. The average molecular weight is 281 g/mol. The van der Waals surface area contributed by atoms with Gasteiger partial charge in [0.15, 0.2) is 0 Å². The summed E-state index contributed by atoms with van der Waals surface area (Å²) in [6.45, 7) is 3.10. The number of nitrogens with one attached hydrogen (secondary N) is 1. The maximum atomic E-state index is 5.38. The largest absolute Gasteiger partial charge is 0.497 e. The Balaban J connectivity index is 1.77. The van der Waals surface area contributed by atoms with Gasteiger partial charge in [-0.25, -0.2) is 0 Å². The molecule has 2 aromatic carbocycles.